The van der Waals surface area contributed by atoms with E-state index in [0.29, 0.717) is 0 Å². The van der Waals surface area contributed by atoms with Crippen molar-refractivity contribution in [2.24, 2.45) is 0 Å². The SMILES string of the molecule is Nc1cc(C(=O)Nc2ccc(C(F)(F)F)cc2)ccc1F. The van der Waals surface area contributed by atoms with E-state index in [1.165, 1.54) is 6.07 Å². The number of nitrogens with one attached hydrogen (secondary N) is 1. The van der Waals surface area contributed by atoms with Gasteiger partial charge in [-0.15, -0.1) is 0 Å². The molecule has 2 aromatic rings. The van der Waals surface area contributed by atoms with Gasteiger partial charge in [-0.1, -0.05) is 0 Å². The minimum Gasteiger partial charge on any atom is -0.396 e. The van der Waals surface area contributed by atoms with Gasteiger partial charge in [-0.05, 0) is 42.5 Å². The third-order valence-electron chi connectivity index (χ3n) is 2.73. The van der Waals surface area contributed by atoms with Crippen LogP contribution >= 0.6 is 0 Å². The first-order valence-corrected chi connectivity index (χ1v) is 5.81. The van der Waals surface area contributed by atoms with E-state index in [4.69, 9.17) is 5.73 Å². The Morgan fingerprint density at radius 2 is 1.67 bits per heavy atom. The highest BCUT2D eigenvalue weighted by molar-refractivity contribution is 6.04. The van der Waals surface area contributed by atoms with Gasteiger partial charge in [-0.25, -0.2) is 4.39 Å². The third-order valence-corrected chi connectivity index (χ3v) is 2.73. The first kappa shape index (κ1) is 14.8. The lowest BCUT2D eigenvalue weighted by atomic mass is 10.1. The van der Waals surface area contributed by atoms with Crippen LogP contribution in [0, 0.1) is 5.82 Å². The first-order valence-electron chi connectivity index (χ1n) is 5.81. The van der Waals surface area contributed by atoms with Gasteiger partial charge in [0.1, 0.15) is 5.82 Å². The fourth-order valence-corrected chi connectivity index (χ4v) is 1.63. The van der Waals surface area contributed by atoms with Crippen molar-refractivity contribution in [3.63, 3.8) is 0 Å². The smallest absolute Gasteiger partial charge is 0.396 e. The molecule has 2 aromatic carbocycles. The Labute approximate surface area is 117 Å². The normalized spacial score (nSPS) is 11.2. The molecule has 2 rings (SSSR count). The molecule has 0 saturated heterocycles. The zero-order chi connectivity index (χ0) is 15.6. The van der Waals surface area contributed by atoms with Crippen LogP contribution in [0.15, 0.2) is 42.5 Å². The molecule has 1 amide bonds. The Kier molecular flexibility index (Phi) is 3.84. The molecule has 0 bridgehead atoms. The van der Waals surface area contributed by atoms with Gasteiger partial charge in [-0.3, -0.25) is 4.79 Å². The molecule has 0 aromatic heterocycles. The quantitative estimate of drug-likeness (QED) is 0.656. The van der Waals surface area contributed by atoms with Gasteiger partial charge >= 0.3 is 6.18 Å². The third kappa shape index (κ3) is 3.50. The summed E-state index contributed by atoms with van der Waals surface area (Å²) in [6, 6.07) is 7.39. The van der Waals surface area contributed by atoms with Crippen LogP contribution in [0.4, 0.5) is 28.9 Å². The molecule has 0 saturated carbocycles. The number of rotatable bonds is 2. The fourth-order valence-electron chi connectivity index (χ4n) is 1.63. The molecule has 0 aliphatic heterocycles. The summed E-state index contributed by atoms with van der Waals surface area (Å²) >= 11 is 0. The van der Waals surface area contributed by atoms with Crippen molar-refractivity contribution < 1.29 is 22.4 Å². The second-order valence-electron chi connectivity index (χ2n) is 4.27. The van der Waals surface area contributed by atoms with Crippen molar-refractivity contribution >= 4 is 17.3 Å². The Hall–Kier alpha value is -2.57. The number of halogens is 4. The van der Waals surface area contributed by atoms with E-state index in [0.717, 1.165) is 36.4 Å². The average molecular weight is 298 g/mol. The highest BCUT2D eigenvalue weighted by Crippen LogP contribution is 2.29. The van der Waals surface area contributed by atoms with Gasteiger partial charge in [0.2, 0.25) is 0 Å². The second-order valence-corrected chi connectivity index (χ2v) is 4.27. The van der Waals surface area contributed by atoms with E-state index in [2.05, 4.69) is 5.32 Å². The summed E-state index contributed by atoms with van der Waals surface area (Å²) in [4.78, 5) is 11.8. The molecule has 0 atom stereocenters. The van der Waals surface area contributed by atoms with E-state index in [1.807, 2.05) is 0 Å². The summed E-state index contributed by atoms with van der Waals surface area (Å²) in [6.45, 7) is 0. The largest absolute Gasteiger partial charge is 0.416 e. The summed E-state index contributed by atoms with van der Waals surface area (Å²) in [5.41, 5.74) is 4.64. The molecule has 0 aliphatic rings. The molecule has 21 heavy (non-hydrogen) atoms. The minimum absolute atomic E-state index is 0.105. The molecule has 0 radical (unpaired) electrons. The van der Waals surface area contributed by atoms with Crippen molar-refractivity contribution in [3.05, 3.63) is 59.4 Å². The summed E-state index contributed by atoms with van der Waals surface area (Å²) in [5, 5.41) is 2.40. The van der Waals surface area contributed by atoms with Crippen LogP contribution in [0.5, 0.6) is 0 Å². The van der Waals surface area contributed by atoms with Crippen LogP contribution in [-0.4, -0.2) is 5.91 Å². The molecule has 3 N–H and O–H groups in total. The van der Waals surface area contributed by atoms with E-state index in [1.54, 1.807) is 0 Å². The van der Waals surface area contributed by atoms with Crippen LogP contribution in [0.2, 0.25) is 0 Å². The topological polar surface area (TPSA) is 55.1 Å². The molecular weight excluding hydrogens is 288 g/mol. The maximum absolute atomic E-state index is 13.0. The Balaban J connectivity index is 2.14. The number of benzene rings is 2. The number of carbonyl (C=O) groups is 1. The number of alkyl halides is 3. The van der Waals surface area contributed by atoms with Crippen molar-refractivity contribution in [1.82, 2.24) is 0 Å². The van der Waals surface area contributed by atoms with Crippen molar-refractivity contribution in [2.45, 2.75) is 6.18 Å². The van der Waals surface area contributed by atoms with Crippen LogP contribution in [-0.2, 0) is 6.18 Å². The average Bonchev–Trinajstić information content (AvgIpc) is 2.41. The monoisotopic (exact) mass is 298 g/mol. The van der Waals surface area contributed by atoms with E-state index >= 15 is 0 Å². The lowest BCUT2D eigenvalue weighted by molar-refractivity contribution is -0.137. The second kappa shape index (κ2) is 5.43. The van der Waals surface area contributed by atoms with Gasteiger partial charge in [0.15, 0.2) is 0 Å². The molecular formula is C14H10F4N2O. The predicted octanol–water partition coefficient (Wildman–Crippen LogP) is 3.68. The Morgan fingerprint density at radius 1 is 1.05 bits per heavy atom. The Morgan fingerprint density at radius 3 is 2.19 bits per heavy atom. The number of hydrogen-bond acceptors (Lipinski definition) is 2. The summed E-state index contributed by atoms with van der Waals surface area (Å²) < 4.78 is 50.2. The van der Waals surface area contributed by atoms with Crippen LogP contribution in [0.1, 0.15) is 15.9 Å². The minimum atomic E-state index is -4.44. The number of nitrogens with two attached hydrogens (primary N) is 1. The van der Waals surface area contributed by atoms with E-state index in [9.17, 15) is 22.4 Å². The van der Waals surface area contributed by atoms with Gasteiger partial charge < -0.3 is 11.1 Å². The maximum atomic E-state index is 13.0. The predicted molar refractivity (Wildman–Crippen MR) is 70.2 cm³/mol. The molecule has 0 aliphatic carbocycles. The zero-order valence-corrected chi connectivity index (χ0v) is 10.5. The molecule has 3 nitrogen and oxygen atoms in total. The van der Waals surface area contributed by atoms with Crippen LogP contribution in [0.25, 0.3) is 0 Å². The van der Waals surface area contributed by atoms with Gasteiger partial charge in [0, 0.05) is 11.3 Å². The first-order chi connectivity index (χ1) is 9.77. The maximum Gasteiger partial charge on any atom is 0.416 e. The Bertz CT molecular complexity index is 666. The number of nitrogen functional groups attached to an aromatic ring is 1. The summed E-state index contributed by atoms with van der Waals surface area (Å²) in [7, 11) is 0. The number of anilines is 2. The van der Waals surface area contributed by atoms with Crippen molar-refractivity contribution in [3.8, 4) is 0 Å². The van der Waals surface area contributed by atoms with Crippen molar-refractivity contribution in [2.75, 3.05) is 11.1 Å². The standard InChI is InChI=1S/C14H10F4N2O/c15-11-6-1-8(7-12(11)19)13(21)20-10-4-2-9(3-5-10)14(16,17)18/h1-7H,19H2,(H,20,21). The zero-order valence-electron chi connectivity index (χ0n) is 10.5. The molecule has 7 heteroatoms. The summed E-state index contributed by atoms with van der Waals surface area (Å²) in [5.74, 6) is -1.25. The lowest BCUT2D eigenvalue weighted by Gasteiger charge is -2.09. The molecule has 110 valence electrons. The fraction of sp³-hybridized carbons (Fsp3) is 0.0714. The van der Waals surface area contributed by atoms with Crippen LogP contribution in [0.3, 0.4) is 0 Å². The molecule has 0 spiro atoms. The number of amides is 1. The lowest BCUT2D eigenvalue weighted by Crippen LogP contribution is -2.13. The number of hydrogen-bond donors (Lipinski definition) is 2. The van der Waals surface area contributed by atoms with Gasteiger partial charge in [0.25, 0.3) is 5.91 Å². The molecule has 0 heterocycles. The number of carbonyl (C=O) groups excluding carboxylic acids is 1. The van der Waals surface area contributed by atoms with Crippen LogP contribution < -0.4 is 11.1 Å². The molecule has 0 fully saturated rings. The highest BCUT2D eigenvalue weighted by Gasteiger charge is 2.29. The molecule has 0 unspecified atom stereocenters. The van der Waals surface area contributed by atoms with Gasteiger partial charge in [-0.2, -0.15) is 13.2 Å². The highest BCUT2D eigenvalue weighted by atomic mass is 19.4. The van der Waals surface area contributed by atoms with E-state index < -0.39 is 23.5 Å². The van der Waals surface area contributed by atoms with E-state index in [-0.39, 0.29) is 16.9 Å². The summed E-state index contributed by atoms with van der Waals surface area (Å²) in [6.07, 6.45) is -4.44. The van der Waals surface area contributed by atoms with Crippen molar-refractivity contribution in [1.29, 1.82) is 0 Å². The van der Waals surface area contributed by atoms with Gasteiger partial charge in [0.05, 0.1) is 11.3 Å².